The molecular formula is C11H15N3O5S. The number of nitro benzene ring substituents is 1. The monoisotopic (exact) mass is 301 g/mol. The largest absolute Gasteiger partial charge is 0.388 e. The Hall–Kier alpha value is -1.71. The number of rotatable bonds is 5. The minimum Gasteiger partial charge on any atom is -0.388 e. The predicted molar refractivity (Wildman–Crippen MR) is 72.2 cm³/mol. The Morgan fingerprint density at radius 3 is 2.75 bits per heavy atom. The van der Waals surface area contributed by atoms with Crippen molar-refractivity contribution in [3.63, 3.8) is 0 Å². The van der Waals surface area contributed by atoms with Crippen LogP contribution in [0.3, 0.4) is 0 Å². The molecule has 1 unspecified atom stereocenters. The summed E-state index contributed by atoms with van der Waals surface area (Å²) >= 11 is 0. The molecule has 1 aliphatic rings. The third-order valence-corrected chi connectivity index (χ3v) is 4.54. The summed E-state index contributed by atoms with van der Waals surface area (Å²) in [4.78, 5) is 9.92. The van der Waals surface area contributed by atoms with E-state index in [-0.39, 0.29) is 17.5 Å². The molecule has 110 valence electrons. The fraction of sp³-hybridized carbons (Fsp3) is 0.455. The van der Waals surface area contributed by atoms with Crippen molar-refractivity contribution < 1.29 is 18.1 Å². The van der Waals surface area contributed by atoms with Crippen molar-refractivity contribution in [3.8, 4) is 0 Å². The summed E-state index contributed by atoms with van der Waals surface area (Å²) in [6, 6.07) is 3.52. The zero-order chi connectivity index (χ0) is 14.8. The summed E-state index contributed by atoms with van der Waals surface area (Å²) in [5.74, 6) is 0. The van der Waals surface area contributed by atoms with Gasteiger partial charge in [0, 0.05) is 31.5 Å². The Kier molecular flexibility index (Phi) is 4.21. The van der Waals surface area contributed by atoms with Crippen molar-refractivity contribution in [3.05, 3.63) is 28.3 Å². The van der Waals surface area contributed by atoms with Crippen LogP contribution in [0.4, 0.5) is 11.4 Å². The maximum absolute atomic E-state index is 12.3. The lowest BCUT2D eigenvalue weighted by molar-refractivity contribution is -0.387. The van der Waals surface area contributed by atoms with E-state index in [0.717, 1.165) is 0 Å². The van der Waals surface area contributed by atoms with Crippen molar-refractivity contribution in [1.82, 2.24) is 4.72 Å². The second-order valence-corrected chi connectivity index (χ2v) is 6.05. The lowest BCUT2D eigenvalue weighted by Gasteiger charge is -2.12. The number of hydrogen-bond acceptors (Lipinski definition) is 6. The van der Waals surface area contributed by atoms with Crippen LogP contribution in [0.2, 0.25) is 0 Å². The van der Waals surface area contributed by atoms with Gasteiger partial charge in [0.1, 0.15) is 0 Å². The fourth-order valence-electron chi connectivity index (χ4n) is 1.95. The van der Waals surface area contributed by atoms with Gasteiger partial charge in [0.25, 0.3) is 5.69 Å². The van der Waals surface area contributed by atoms with Crippen molar-refractivity contribution in [1.29, 1.82) is 0 Å². The minimum absolute atomic E-state index is 0.277. The van der Waals surface area contributed by atoms with Crippen LogP contribution in [0.25, 0.3) is 0 Å². The Morgan fingerprint density at radius 2 is 2.20 bits per heavy atom. The number of ether oxygens (including phenoxy) is 1. The molecule has 1 aromatic rings. The van der Waals surface area contributed by atoms with Crippen LogP contribution in [0, 0.1) is 10.1 Å². The van der Waals surface area contributed by atoms with Gasteiger partial charge in [0.15, 0.2) is 4.90 Å². The molecule has 1 aromatic carbocycles. The van der Waals surface area contributed by atoms with Gasteiger partial charge in [0.2, 0.25) is 10.0 Å². The number of benzene rings is 1. The highest BCUT2D eigenvalue weighted by molar-refractivity contribution is 7.89. The van der Waals surface area contributed by atoms with Crippen LogP contribution in [0.5, 0.6) is 0 Å². The van der Waals surface area contributed by atoms with E-state index in [1.165, 1.54) is 18.2 Å². The first-order valence-corrected chi connectivity index (χ1v) is 7.48. The number of hydrogen-bond donors (Lipinski definition) is 2. The van der Waals surface area contributed by atoms with Crippen LogP contribution in [-0.2, 0) is 14.8 Å². The molecule has 0 bridgehead atoms. The highest BCUT2D eigenvalue weighted by Gasteiger charge is 2.29. The van der Waals surface area contributed by atoms with E-state index in [1.807, 2.05) is 0 Å². The summed E-state index contributed by atoms with van der Waals surface area (Å²) in [7, 11) is -2.36. The van der Waals surface area contributed by atoms with Gasteiger partial charge in [-0.15, -0.1) is 0 Å². The van der Waals surface area contributed by atoms with Crippen molar-refractivity contribution in [2.45, 2.75) is 17.4 Å². The second-order valence-electron chi connectivity index (χ2n) is 4.37. The molecule has 1 atom stereocenters. The van der Waals surface area contributed by atoms with Gasteiger partial charge in [-0.1, -0.05) is 0 Å². The standard InChI is InChI=1S/C11H15N3O5S/c1-12-8-2-3-10(14(15)16)11(6-8)20(17,18)13-9-4-5-19-7-9/h2-3,6,9,12-13H,4-5,7H2,1H3. The molecule has 2 N–H and O–H groups in total. The average Bonchev–Trinajstić information content (AvgIpc) is 2.90. The lowest BCUT2D eigenvalue weighted by atomic mass is 10.3. The molecule has 9 heteroatoms. The van der Waals surface area contributed by atoms with Crippen LogP contribution >= 0.6 is 0 Å². The molecule has 8 nitrogen and oxygen atoms in total. The maximum atomic E-state index is 12.3. The number of nitrogens with one attached hydrogen (secondary N) is 2. The predicted octanol–water partition coefficient (Wildman–Crippen LogP) is 0.704. The maximum Gasteiger partial charge on any atom is 0.289 e. The van der Waals surface area contributed by atoms with Gasteiger partial charge in [0.05, 0.1) is 11.5 Å². The van der Waals surface area contributed by atoms with E-state index in [0.29, 0.717) is 18.7 Å². The SMILES string of the molecule is CNc1ccc([N+](=O)[O-])c(S(=O)(=O)NC2CCOC2)c1. The molecular weight excluding hydrogens is 286 g/mol. The van der Waals surface area contributed by atoms with E-state index in [1.54, 1.807) is 7.05 Å². The molecule has 0 amide bonds. The van der Waals surface area contributed by atoms with Crippen molar-refractivity contribution in [2.75, 3.05) is 25.6 Å². The smallest absolute Gasteiger partial charge is 0.289 e. The quantitative estimate of drug-likeness (QED) is 0.612. The van der Waals surface area contributed by atoms with Gasteiger partial charge in [-0.2, -0.15) is 0 Å². The van der Waals surface area contributed by atoms with E-state index >= 15 is 0 Å². The second kappa shape index (κ2) is 5.73. The number of anilines is 1. The molecule has 0 spiro atoms. The first kappa shape index (κ1) is 14.7. The lowest BCUT2D eigenvalue weighted by Crippen LogP contribution is -2.35. The molecule has 1 fully saturated rings. The van der Waals surface area contributed by atoms with Crippen LogP contribution in [0.1, 0.15) is 6.42 Å². The third kappa shape index (κ3) is 3.06. The van der Waals surface area contributed by atoms with Gasteiger partial charge in [-0.25, -0.2) is 13.1 Å². The topological polar surface area (TPSA) is 111 Å². The van der Waals surface area contributed by atoms with E-state index < -0.39 is 20.6 Å². The molecule has 20 heavy (non-hydrogen) atoms. The Balaban J connectivity index is 2.39. The molecule has 0 radical (unpaired) electrons. The van der Waals surface area contributed by atoms with E-state index in [2.05, 4.69) is 10.0 Å². The highest BCUT2D eigenvalue weighted by atomic mass is 32.2. The van der Waals surface area contributed by atoms with Gasteiger partial charge < -0.3 is 10.1 Å². The summed E-state index contributed by atoms with van der Waals surface area (Å²) in [6.07, 6.45) is 0.554. The number of nitro groups is 1. The summed E-state index contributed by atoms with van der Waals surface area (Å²) < 4.78 is 32.1. The Bertz CT molecular complexity index is 610. The third-order valence-electron chi connectivity index (χ3n) is 2.99. The molecule has 1 heterocycles. The van der Waals surface area contributed by atoms with Crippen LogP contribution < -0.4 is 10.0 Å². The first-order valence-electron chi connectivity index (χ1n) is 6.00. The summed E-state index contributed by atoms with van der Waals surface area (Å²) in [5.41, 5.74) is 0.0362. The molecule has 2 rings (SSSR count). The Labute approximate surface area is 116 Å². The number of nitrogens with zero attached hydrogens (tertiary/aromatic N) is 1. The van der Waals surface area contributed by atoms with Gasteiger partial charge in [-0.3, -0.25) is 10.1 Å². The zero-order valence-corrected chi connectivity index (χ0v) is 11.6. The normalized spacial score (nSPS) is 18.9. The number of sulfonamides is 1. The van der Waals surface area contributed by atoms with E-state index in [4.69, 9.17) is 4.74 Å². The van der Waals surface area contributed by atoms with Crippen LogP contribution in [0.15, 0.2) is 23.1 Å². The van der Waals surface area contributed by atoms with Gasteiger partial charge in [-0.05, 0) is 18.6 Å². The zero-order valence-electron chi connectivity index (χ0n) is 10.8. The molecule has 0 aliphatic carbocycles. The highest BCUT2D eigenvalue weighted by Crippen LogP contribution is 2.27. The van der Waals surface area contributed by atoms with Gasteiger partial charge >= 0.3 is 0 Å². The van der Waals surface area contributed by atoms with Crippen molar-refractivity contribution >= 4 is 21.4 Å². The summed E-state index contributed by atoms with van der Waals surface area (Å²) in [6.45, 7) is 0.755. The first-order chi connectivity index (χ1) is 9.44. The molecule has 0 aromatic heterocycles. The summed E-state index contributed by atoms with van der Waals surface area (Å²) in [5, 5.41) is 13.7. The molecule has 0 saturated carbocycles. The minimum atomic E-state index is -3.96. The fourth-order valence-corrected chi connectivity index (χ4v) is 3.40. The molecule has 1 aliphatic heterocycles. The molecule has 1 saturated heterocycles. The van der Waals surface area contributed by atoms with Crippen molar-refractivity contribution in [2.24, 2.45) is 0 Å². The average molecular weight is 301 g/mol. The van der Waals surface area contributed by atoms with Crippen LogP contribution in [-0.4, -0.2) is 39.6 Å². The van der Waals surface area contributed by atoms with E-state index in [9.17, 15) is 18.5 Å². The Morgan fingerprint density at radius 1 is 1.45 bits per heavy atom.